The van der Waals surface area contributed by atoms with E-state index in [-0.39, 0.29) is 0 Å². The van der Waals surface area contributed by atoms with Crippen LogP contribution in [0.25, 0.3) is 0 Å². The minimum Gasteiger partial charge on any atom is -0.368 e. The van der Waals surface area contributed by atoms with E-state index in [1.54, 1.807) is 0 Å². The minimum absolute atomic E-state index is 0.423. The van der Waals surface area contributed by atoms with Crippen LogP contribution in [-0.4, -0.2) is 17.6 Å². The summed E-state index contributed by atoms with van der Waals surface area (Å²) in [4.78, 5) is 4.28. The van der Waals surface area contributed by atoms with Gasteiger partial charge in [0.15, 0.2) is 0 Å². The van der Waals surface area contributed by atoms with Crippen molar-refractivity contribution in [1.82, 2.24) is 10.3 Å². The molecule has 2 N–H and O–H groups in total. The Bertz CT molecular complexity index is 308. The zero-order valence-corrected chi connectivity index (χ0v) is 10.7. The quantitative estimate of drug-likeness (QED) is 0.775. The Labute approximate surface area is 98.7 Å². The van der Waals surface area contributed by atoms with Crippen LogP contribution >= 0.6 is 0 Å². The third-order valence-corrected chi connectivity index (χ3v) is 2.14. The predicted octanol–water partition coefficient (Wildman–Crippen LogP) is 2.65. The highest BCUT2D eigenvalue weighted by Gasteiger charge is 1.99. The number of nitrogens with one attached hydrogen (secondary N) is 2. The van der Waals surface area contributed by atoms with E-state index in [2.05, 4.69) is 55.4 Å². The van der Waals surface area contributed by atoms with Crippen molar-refractivity contribution in [2.75, 3.05) is 11.9 Å². The molecule has 0 aromatic carbocycles. The van der Waals surface area contributed by atoms with Gasteiger partial charge in [0.2, 0.25) is 0 Å². The van der Waals surface area contributed by atoms with E-state index < -0.39 is 0 Å². The molecule has 0 saturated carbocycles. The van der Waals surface area contributed by atoms with Crippen LogP contribution in [0.1, 0.15) is 33.3 Å². The van der Waals surface area contributed by atoms with Crippen LogP contribution in [-0.2, 0) is 6.54 Å². The van der Waals surface area contributed by atoms with E-state index in [9.17, 15) is 0 Å². The lowest BCUT2D eigenvalue weighted by Gasteiger charge is -2.11. The third kappa shape index (κ3) is 5.12. The van der Waals surface area contributed by atoms with Crippen molar-refractivity contribution in [1.29, 1.82) is 0 Å². The van der Waals surface area contributed by atoms with Gasteiger partial charge in [-0.15, -0.1) is 0 Å². The lowest BCUT2D eigenvalue weighted by molar-refractivity contribution is 0.552. The first-order chi connectivity index (χ1) is 7.58. The standard InChI is InChI=1S/C13H23N3/c1-10(2)8-14-9-12-5-6-15-13(7-12)16-11(3)4/h5-7,10-11,14H,8-9H2,1-4H3,(H,15,16). The van der Waals surface area contributed by atoms with Crippen LogP contribution in [0.15, 0.2) is 18.3 Å². The first kappa shape index (κ1) is 13.0. The van der Waals surface area contributed by atoms with Crippen LogP contribution in [0, 0.1) is 5.92 Å². The SMILES string of the molecule is CC(C)CNCc1ccnc(NC(C)C)c1. The summed E-state index contributed by atoms with van der Waals surface area (Å²) >= 11 is 0. The minimum atomic E-state index is 0.423. The molecule has 0 radical (unpaired) electrons. The van der Waals surface area contributed by atoms with Crippen molar-refractivity contribution in [2.24, 2.45) is 5.92 Å². The molecule has 3 heteroatoms. The van der Waals surface area contributed by atoms with Crippen molar-refractivity contribution in [3.05, 3.63) is 23.9 Å². The average molecular weight is 221 g/mol. The molecule has 0 amide bonds. The summed E-state index contributed by atoms with van der Waals surface area (Å²) < 4.78 is 0. The summed E-state index contributed by atoms with van der Waals surface area (Å²) in [5.74, 6) is 1.65. The smallest absolute Gasteiger partial charge is 0.126 e. The summed E-state index contributed by atoms with van der Waals surface area (Å²) in [6.45, 7) is 10.6. The number of aromatic nitrogens is 1. The molecule has 0 aliphatic rings. The summed E-state index contributed by atoms with van der Waals surface area (Å²) in [5.41, 5.74) is 1.28. The van der Waals surface area contributed by atoms with Crippen LogP contribution in [0.5, 0.6) is 0 Å². The van der Waals surface area contributed by atoms with Gasteiger partial charge in [-0.25, -0.2) is 4.98 Å². The van der Waals surface area contributed by atoms with E-state index in [0.29, 0.717) is 12.0 Å². The molecule has 1 heterocycles. The molecule has 90 valence electrons. The van der Waals surface area contributed by atoms with Gasteiger partial charge in [0.05, 0.1) is 0 Å². The molecule has 1 rings (SSSR count). The predicted molar refractivity (Wildman–Crippen MR) is 69.5 cm³/mol. The number of pyridine rings is 1. The second-order valence-corrected chi connectivity index (χ2v) is 4.87. The Morgan fingerprint density at radius 2 is 2.00 bits per heavy atom. The van der Waals surface area contributed by atoms with E-state index in [1.165, 1.54) is 5.56 Å². The van der Waals surface area contributed by atoms with Gasteiger partial charge in [-0.3, -0.25) is 0 Å². The van der Waals surface area contributed by atoms with Crippen LogP contribution in [0.4, 0.5) is 5.82 Å². The highest BCUT2D eigenvalue weighted by molar-refractivity contribution is 5.38. The molecular weight excluding hydrogens is 198 g/mol. The van der Waals surface area contributed by atoms with Gasteiger partial charge in [-0.2, -0.15) is 0 Å². The van der Waals surface area contributed by atoms with Crippen LogP contribution in [0.3, 0.4) is 0 Å². The van der Waals surface area contributed by atoms with Gasteiger partial charge in [0, 0.05) is 18.8 Å². The molecule has 0 aliphatic heterocycles. The first-order valence-corrected chi connectivity index (χ1v) is 6.00. The van der Waals surface area contributed by atoms with Crippen molar-refractivity contribution in [2.45, 2.75) is 40.3 Å². The van der Waals surface area contributed by atoms with E-state index in [4.69, 9.17) is 0 Å². The van der Waals surface area contributed by atoms with E-state index in [1.807, 2.05) is 6.20 Å². The zero-order valence-electron chi connectivity index (χ0n) is 10.7. The molecule has 0 bridgehead atoms. The molecule has 0 aliphatic carbocycles. The molecular formula is C13H23N3. The molecule has 0 unspecified atom stereocenters. The van der Waals surface area contributed by atoms with Crippen molar-refractivity contribution >= 4 is 5.82 Å². The fraction of sp³-hybridized carbons (Fsp3) is 0.615. The van der Waals surface area contributed by atoms with E-state index >= 15 is 0 Å². The molecule has 0 spiro atoms. The fourth-order valence-electron chi connectivity index (χ4n) is 1.46. The second-order valence-electron chi connectivity index (χ2n) is 4.87. The Balaban J connectivity index is 2.47. The Kier molecular flexibility index (Phi) is 5.26. The average Bonchev–Trinajstić information content (AvgIpc) is 2.16. The zero-order chi connectivity index (χ0) is 12.0. The molecule has 16 heavy (non-hydrogen) atoms. The maximum absolute atomic E-state index is 4.28. The molecule has 0 fully saturated rings. The van der Waals surface area contributed by atoms with Gasteiger partial charge in [0.1, 0.15) is 5.82 Å². The summed E-state index contributed by atoms with van der Waals surface area (Å²) in [6, 6.07) is 4.58. The van der Waals surface area contributed by atoms with Gasteiger partial charge in [0.25, 0.3) is 0 Å². The number of rotatable bonds is 6. The highest BCUT2D eigenvalue weighted by atomic mass is 15.0. The maximum atomic E-state index is 4.28. The second kappa shape index (κ2) is 6.48. The van der Waals surface area contributed by atoms with Crippen LogP contribution in [0.2, 0.25) is 0 Å². The van der Waals surface area contributed by atoms with Crippen molar-refractivity contribution in [3.8, 4) is 0 Å². The summed E-state index contributed by atoms with van der Waals surface area (Å²) in [5, 5.41) is 6.73. The number of hydrogen-bond acceptors (Lipinski definition) is 3. The Morgan fingerprint density at radius 1 is 1.25 bits per heavy atom. The largest absolute Gasteiger partial charge is 0.368 e. The summed E-state index contributed by atoms with van der Waals surface area (Å²) in [6.07, 6.45) is 1.86. The number of nitrogens with zero attached hydrogens (tertiary/aromatic N) is 1. The molecule has 0 saturated heterocycles. The molecule has 0 atom stereocenters. The normalized spacial score (nSPS) is 11.1. The monoisotopic (exact) mass is 221 g/mol. The van der Waals surface area contributed by atoms with E-state index in [0.717, 1.165) is 18.9 Å². The maximum Gasteiger partial charge on any atom is 0.126 e. The first-order valence-electron chi connectivity index (χ1n) is 6.00. The lowest BCUT2D eigenvalue weighted by atomic mass is 10.2. The van der Waals surface area contributed by atoms with Crippen LogP contribution < -0.4 is 10.6 Å². The van der Waals surface area contributed by atoms with Gasteiger partial charge in [-0.1, -0.05) is 13.8 Å². The topological polar surface area (TPSA) is 37.0 Å². The fourth-order valence-corrected chi connectivity index (χ4v) is 1.46. The van der Waals surface area contributed by atoms with Crippen molar-refractivity contribution < 1.29 is 0 Å². The highest BCUT2D eigenvalue weighted by Crippen LogP contribution is 2.07. The summed E-state index contributed by atoms with van der Waals surface area (Å²) in [7, 11) is 0. The molecule has 1 aromatic rings. The lowest BCUT2D eigenvalue weighted by Crippen LogP contribution is -2.19. The molecule has 3 nitrogen and oxygen atoms in total. The number of anilines is 1. The molecule has 1 aromatic heterocycles. The van der Waals surface area contributed by atoms with Gasteiger partial charge in [-0.05, 0) is 44.0 Å². The van der Waals surface area contributed by atoms with Gasteiger partial charge >= 0.3 is 0 Å². The Morgan fingerprint density at radius 3 is 2.62 bits per heavy atom. The van der Waals surface area contributed by atoms with Crippen molar-refractivity contribution in [3.63, 3.8) is 0 Å². The number of hydrogen-bond donors (Lipinski definition) is 2. The third-order valence-electron chi connectivity index (χ3n) is 2.14. The van der Waals surface area contributed by atoms with Gasteiger partial charge < -0.3 is 10.6 Å². The Hall–Kier alpha value is -1.09.